The topological polar surface area (TPSA) is 64.7 Å². The molecule has 0 atom stereocenters. The zero-order valence-electron chi connectivity index (χ0n) is 15.2. The summed E-state index contributed by atoms with van der Waals surface area (Å²) in [6.45, 7) is 2.21. The van der Waals surface area contributed by atoms with Crippen molar-refractivity contribution in [2.45, 2.75) is 13.5 Å². The Bertz CT molecular complexity index is 1120. The van der Waals surface area contributed by atoms with E-state index in [0.29, 0.717) is 11.5 Å². The molecule has 0 aliphatic heterocycles. The predicted molar refractivity (Wildman–Crippen MR) is 104 cm³/mol. The summed E-state index contributed by atoms with van der Waals surface area (Å²) in [6, 6.07) is 17.5. The standard InChI is InChI=1S/C21H18FN5O/c1-15-7-2-3-10-18(15)23-20(28)19-21(26-11-4-5-12-26)27(25-24-19)14-16-8-6-9-17(22)13-16/h2-13H,14H2,1H3,(H,23,28). The van der Waals surface area contributed by atoms with Crippen LogP contribution < -0.4 is 5.32 Å². The maximum atomic E-state index is 13.5. The van der Waals surface area contributed by atoms with Gasteiger partial charge in [0.2, 0.25) is 0 Å². The van der Waals surface area contributed by atoms with Crippen LogP contribution in [-0.4, -0.2) is 25.5 Å². The van der Waals surface area contributed by atoms with Gasteiger partial charge in [-0.3, -0.25) is 4.79 Å². The van der Waals surface area contributed by atoms with E-state index >= 15 is 0 Å². The summed E-state index contributed by atoms with van der Waals surface area (Å²) in [5.41, 5.74) is 2.58. The van der Waals surface area contributed by atoms with E-state index in [4.69, 9.17) is 0 Å². The minimum absolute atomic E-state index is 0.191. The minimum atomic E-state index is -0.358. The molecule has 0 bridgehead atoms. The molecule has 4 aromatic rings. The Morgan fingerprint density at radius 3 is 2.61 bits per heavy atom. The molecule has 0 spiro atoms. The van der Waals surface area contributed by atoms with Crippen molar-refractivity contribution in [1.29, 1.82) is 0 Å². The SMILES string of the molecule is Cc1ccccc1NC(=O)c1nnn(Cc2cccc(F)c2)c1-n1cccc1. The third-order valence-corrected chi connectivity index (χ3v) is 4.39. The van der Waals surface area contributed by atoms with Gasteiger partial charge in [-0.1, -0.05) is 35.5 Å². The van der Waals surface area contributed by atoms with Crippen LogP contribution in [0.3, 0.4) is 0 Å². The molecule has 6 nitrogen and oxygen atoms in total. The van der Waals surface area contributed by atoms with Crippen molar-refractivity contribution in [3.63, 3.8) is 0 Å². The van der Waals surface area contributed by atoms with E-state index in [1.165, 1.54) is 12.1 Å². The number of carbonyl (C=O) groups excluding carboxylic acids is 1. The summed E-state index contributed by atoms with van der Waals surface area (Å²) in [4.78, 5) is 12.9. The van der Waals surface area contributed by atoms with Gasteiger partial charge in [0, 0.05) is 18.1 Å². The van der Waals surface area contributed by atoms with Gasteiger partial charge in [-0.15, -0.1) is 5.10 Å². The van der Waals surface area contributed by atoms with Crippen LogP contribution in [-0.2, 0) is 6.54 Å². The number of nitrogens with one attached hydrogen (secondary N) is 1. The van der Waals surface area contributed by atoms with Gasteiger partial charge < -0.3 is 9.88 Å². The Morgan fingerprint density at radius 2 is 1.86 bits per heavy atom. The van der Waals surface area contributed by atoms with Gasteiger partial charge in [-0.2, -0.15) is 0 Å². The van der Waals surface area contributed by atoms with Crippen molar-refractivity contribution in [3.05, 3.63) is 95.7 Å². The Labute approximate surface area is 161 Å². The summed E-state index contributed by atoms with van der Waals surface area (Å²) in [7, 11) is 0. The van der Waals surface area contributed by atoms with Crippen LogP contribution in [0.1, 0.15) is 21.6 Å². The van der Waals surface area contributed by atoms with Crippen molar-refractivity contribution < 1.29 is 9.18 Å². The lowest BCUT2D eigenvalue weighted by molar-refractivity contribution is 0.102. The number of amides is 1. The molecule has 0 aliphatic rings. The summed E-state index contributed by atoms with van der Waals surface area (Å²) in [5, 5.41) is 11.1. The highest BCUT2D eigenvalue weighted by Crippen LogP contribution is 2.19. The van der Waals surface area contributed by atoms with E-state index in [9.17, 15) is 9.18 Å². The maximum Gasteiger partial charge on any atom is 0.280 e. The van der Waals surface area contributed by atoms with Gasteiger partial charge in [0.25, 0.3) is 5.91 Å². The molecule has 0 unspecified atom stereocenters. The minimum Gasteiger partial charge on any atom is -0.320 e. The predicted octanol–water partition coefficient (Wildman–Crippen LogP) is 3.82. The first-order valence-corrected chi connectivity index (χ1v) is 8.80. The monoisotopic (exact) mass is 375 g/mol. The Kier molecular flexibility index (Phi) is 4.72. The number of rotatable bonds is 5. The Hall–Kier alpha value is -3.74. The zero-order valence-corrected chi connectivity index (χ0v) is 15.2. The molecule has 28 heavy (non-hydrogen) atoms. The molecule has 4 rings (SSSR count). The molecule has 1 N–H and O–H groups in total. The van der Waals surface area contributed by atoms with E-state index in [1.807, 2.05) is 55.7 Å². The van der Waals surface area contributed by atoms with Crippen LogP contribution >= 0.6 is 0 Å². The average Bonchev–Trinajstić information content (AvgIpc) is 3.33. The van der Waals surface area contributed by atoms with Gasteiger partial charge in [0.15, 0.2) is 11.5 Å². The Balaban J connectivity index is 1.71. The lowest BCUT2D eigenvalue weighted by Gasteiger charge is -2.10. The molecular formula is C21H18FN5O. The Morgan fingerprint density at radius 1 is 1.07 bits per heavy atom. The number of hydrogen-bond acceptors (Lipinski definition) is 3. The highest BCUT2D eigenvalue weighted by Gasteiger charge is 2.22. The number of aryl methyl sites for hydroxylation is 1. The number of aromatic nitrogens is 4. The molecule has 2 aromatic carbocycles. The van der Waals surface area contributed by atoms with Crippen LogP contribution in [0.4, 0.5) is 10.1 Å². The number of benzene rings is 2. The van der Waals surface area contributed by atoms with E-state index in [1.54, 1.807) is 21.4 Å². The average molecular weight is 375 g/mol. The molecule has 0 radical (unpaired) electrons. The van der Waals surface area contributed by atoms with Crippen LogP contribution in [0.2, 0.25) is 0 Å². The molecular weight excluding hydrogens is 357 g/mol. The summed E-state index contributed by atoms with van der Waals surface area (Å²) in [5.74, 6) is -0.165. The number of para-hydroxylation sites is 1. The van der Waals surface area contributed by atoms with Gasteiger partial charge in [-0.05, 0) is 48.4 Å². The van der Waals surface area contributed by atoms with E-state index < -0.39 is 0 Å². The second kappa shape index (κ2) is 7.48. The molecule has 7 heteroatoms. The summed E-state index contributed by atoms with van der Waals surface area (Å²) < 4.78 is 16.9. The second-order valence-electron chi connectivity index (χ2n) is 6.41. The van der Waals surface area contributed by atoms with Gasteiger partial charge in [0.05, 0.1) is 6.54 Å². The van der Waals surface area contributed by atoms with E-state index in [0.717, 1.165) is 11.1 Å². The smallest absolute Gasteiger partial charge is 0.280 e. The molecule has 2 heterocycles. The van der Waals surface area contributed by atoms with E-state index in [2.05, 4.69) is 15.6 Å². The number of anilines is 1. The van der Waals surface area contributed by atoms with Crippen molar-refractivity contribution >= 4 is 11.6 Å². The van der Waals surface area contributed by atoms with Gasteiger partial charge in [0.1, 0.15) is 5.82 Å². The lowest BCUT2D eigenvalue weighted by atomic mass is 10.2. The largest absolute Gasteiger partial charge is 0.320 e. The normalized spacial score (nSPS) is 10.8. The fourth-order valence-corrected chi connectivity index (χ4v) is 3.00. The van der Waals surface area contributed by atoms with Crippen molar-refractivity contribution in [2.75, 3.05) is 5.32 Å². The number of halogens is 1. The third-order valence-electron chi connectivity index (χ3n) is 4.39. The fourth-order valence-electron chi connectivity index (χ4n) is 3.00. The van der Waals surface area contributed by atoms with Gasteiger partial charge in [-0.25, -0.2) is 9.07 Å². The quantitative estimate of drug-likeness (QED) is 0.577. The molecule has 2 aromatic heterocycles. The first-order chi connectivity index (χ1) is 13.6. The van der Waals surface area contributed by atoms with Crippen LogP contribution in [0, 0.1) is 12.7 Å². The molecule has 0 saturated carbocycles. The number of carbonyl (C=O) groups is 1. The van der Waals surface area contributed by atoms with E-state index in [-0.39, 0.29) is 24.0 Å². The molecule has 0 saturated heterocycles. The molecule has 0 fully saturated rings. The highest BCUT2D eigenvalue weighted by molar-refractivity contribution is 6.05. The fraction of sp³-hybridized carbons (Fsp3) is 0.0952. The van der Waals surface area contributed by atoms with Crippen LogP contribution in [0.5, 0.6) is 0 Å². The van der Waals surface area contributed by atoms with Gasteiger partial charge >= 0.3 is 0 Å². The zero-order chi connectivity index (χ0) is 19.5. The molecule has 140 valence electrons. The first kappa shape index (κ1) is 17.7. The second-order valence-corrected chi connectivity index (χ2v) is 6.41. The van der Waals surface area contributed by atoms with Crippen LogP contribution in [0.15, 0.2) is 73.1 Å². The summed E-state index contributed by atoms with van der Waals surface area (Å²) >= 11 is 0. The van der Waals surface area contributed by atoms with Crippen LogP contribution in [0.25, 0.3) is 5.82 Å². The highest BCUT2D eigenvalue weighted by atomic mass is 19.1. The van der Waals surface area contributed by atoms with Crippen molar-refractivity contribution in [2.24, 2.45) is 0 Å². The number of nitrogens with zero attached hydrogens (tertiary/aromatic N) is 4. The van der Waals surface area contributed by atoms with Crippen molar-refractivity contribution in [3.8, 4) is 5.82 Å². The molecule has 1 amide bonds. The lowest BCUT2D eigenvalue weighted by Crippen LogP contribution is -2.17. The summed E-state index contributed by atoms with van der Waals surface area (Å²) in [6.07, 6.45) is 3.62. The number of hydrogen-bond donors (Lipinski definition) is 1. The third kappa shape index (κ3) is 3.55. The first-order valence-electron chi connectivity index (χ1n) is 8.80. The van der Waals surface area contributed by atoms with Crippen molar-refractivity contribution in [1.82, 2.24) is 19.6 Å². The molecule has 0 aliphatic carbocycles. The maximum absolute atomic E-state index is 13.5.